The molecular formula is C3H6F2N2O. The fourth-order valence-corrected chi connectivity index (χ4v) is 0.199. The van der Waals surface area contributed by atoms with Gasteiger partial charge in [-0.3, -0.25) is 0 Å². The summed E-state index contributed by atoms with van der Waals surface area (Å²) in [6.07, 6.45) is -3.21. The number of amidine groups is 1. The molecule has 0 aliphatic rings. The van der Waals surface area contributed by atoms with Crippen molar-refractivity contribution in [2.75, 3.05) is 0 Å². The molecule has 0 unspecified atom stereocenters. The third-order valence-electron chi connectivity index (χ3n) is 0.492. The summed E-state index contributed by atoms with van der Waals surface area (Å²) in [5.41, 5.74) is 4.69. The van der Waals surface area contributed by atoms with Gasteiger partial charge in [0.1, 0.15) is 5.84 Å². The van der Waals surface area contributed by atoms with Gasteiger partial charge in [-0.2, -0.15) is 0 Å². The molecule has 0 aromatic heterocycles. The number of nitrogens with two attached hydrogens (primary N) is 1. The van der Waals surface area contributed by atoms with Crippen molar-refractivity contribution in [2.24, 2.45) is 10.9 Å². The highest BCUT2D eigenvalue weighted by Gasteiger charge is 2.04. The molecule has 0 heterocycles. The van der Waals surface area contributed by atoms with Crippen LogP contribution < -0.4 is 5.73 Å². The highest BCUT2D eigenvalue weighted by Crippen LogP contribution is 1.96. The van der Waals surface area contributed by atoms with E-state index in [0.29, 0.717) is 0 Å². The number of rotatable bonds is 2. The fraction of sp³-hybridized carbons (Fsp3) is 0.667. The molecule has 48 valence electrons. The molecule has 0 saturated carbocycles. The number of alkyl halides is 2. The molecule has 5 heteroatoms. The van der Waals surface area contributed by atoms with E-state index in [1.54, 1.807) is 0 Å². The molecule has 3 N–H and O–H groups in total. The molecule has 0 aromatic carbocycles. The highest BCUT2D eigenvalue weighted by atomic mass is 19.3. The van der Waals surface area contributed by atoms with E-state index < -0.39 is 18.7 Å². The summed E-state index contributed by atoms with van der Waals surface area (Å²) in [6, 6.07) is 0. The molecule has 0 rings (SSSR count). The lowest BCUT2D eigenvalue weighted by Gasteiger charge is -1.92. The second-order valence-corrected chi connectivity index (χ2v) is 1.19. The van der Waals surface area contributed by atoms with E-state index in [1.165, 1.54) is 0 Å². The monoisotopic (exact) mass is 124 g/mol. The van der Waals surface area contributed by atoms with Gasteiger partial charge in [0.2, 0.25) is 6.43 Å². The average molecular weight is 124 g/mol. The van der Waals surface area contributed by atoms with Crippen molar-refractivity contribution in [2.45, 2.75) is 12.8 Å². The van der Waals surface area contributed by atoms with Crippen LogP contribution in [0.25, 0.3) is 0 Å². The molecule has 0 aliphatic carbocycles. The Labute approximate surface area is 44.8 Å². The summed E-state index contributed by atoms with van der Waals surface area (Å²) >= 11 is 0. The Morgan fingerprint density at radius 3 is 2.38 bits per heavy atom. The fourth-order valence-electron chi connectivity index (χ4n) is 0.199. The van der Waals surface area contributed by atoms with E-state index >= 15 is 0 Å². The van der Waals surface area contributed by atoms with Gasteiger partial charge in [-0.05, 0) is 0 Å². The van der Waals surface area contributed by atoms with E-state index in [2.05, 4.69) is 5.16 Å². The third-order valence-corrected chi connectivity index (χ3v) is 0.492. The van der Waals surface area contributed by atoms with Crippen LogP contribution in [-0.2, 0) is 0 Å². The van der Waals surface area contributed by atoms with Gasteiger partial charge in [0.25, 0.3) is 0 Å². The molecule has 0 bridgehead atoms. The Hall–Kier alpha value is -0.870. The van der Waals surface area contributed by atoms with Crippen molar-refractivity contribution in [1.29, 1.82) is 0 Å². The van der Waals surface area contributed by atoms with Gasteiger partial charge in [0, 0.05) is 0 Å². The molecule has 0 spiro atoms. The lowest BCUT2D eigenvalue weighted by Crippen LogP contribution is -2.14. The normalized spacial score (nSPS) is 12.6. The Bertz CT molecular complexity index is 93.3. The quantitative estimate of drug-likeness (QED) is 0.242. The Morgan fingerprint density at radius 2 is 2.25 bits per heavy atom. The number of oxime groups is 1. The van der Waals surface area contributed by atoms with Crippen LogP contribution in [0.1, 0.15) is 6.42 Å². The van der Waals surface area contributed by atoms with Gasteiger partial charge in [-0.15, -0.1) is 0 Å². The first-order valence-corrected chi connectivity index (χ1v) is 1.91. The topological polar surface area (TPSA) is 58.6 Å². The maximum atomic E-state index is 11.2. The lowest BCUT2D eigenvalue weighted by molar-refractivity contribution is 0.155. The predicted octanol–water partition coefficient (Wildman–Crippen LogP) is 0.388. The van der Waals surface area contributed by atoms with Crippen molar-refractivity contribution in [3.05, 3.63) is 0 Å². The molecule has 0 radical (unpaired) electrons. The van der Waals surface area contributed by atoms with Crippen LogP contribution in [0.2, 0.25) is 0 Å². The zero-order chi connectivity index (χ0) is 6.57. The van der Waals surface area contributed by atoms with Crippen molar-refractivity contribution in [1.82, 2.24) is 0 Å². The first kappa shape index (κ1) is 7.13. The maximum Gasteiger partial charge on any atom is 0.245 e. The molecule has 0 amide bonds. The molecule has 0 atom stereocenters. The molecule has 0 saturated heterocycles. The van der Waals surface area contributed by atoms with Crippen LogP contribution in [-0.4, -0.2) is 17.5 Å². The highest BCUT2D eigenvalue weighted by molar-refractivity contribution is 5.79. The van der Waals surface area contributed by atoms with E-state index in [4.69, 9.17) is 10.9 Å². The zero-order valence-corrected chi connectivity index (χ0v) is 4.01. The molecule has 0 aromatic rings. The largest absolute Gasteiger partial charge is 0.409 e. The van der Waals surface area contributed by atoms with Crippen molar-refractivity contribution < 1.29 is 14.0 Å². The Balaban J connectivity index is 3.39. The minimum absolute atomic E-state index is 0.444. The van der Waals surface area contributed by atoms with Crippen molar-refractivity contribution in [3.63, 3.8) is 0 Å². The van der Waals surface area contributed by atoms with Gasteiger partial charge in [-0.1, -0.05) is 5.16 Å². The number of halogens is 2. The van der Waals surface area contributed by atoms with Crippen LogP contribution >= 0.6 is 0 Å². The summed E-state index contributed by atoms with van der Waals surface area (Å²) in [4.78, 5) is 0. The molecule has 0 aliphatic heterocycles. The minimum Gasteiger partial charge on any atom is -0.409 e. The molecular weight excluding hydrogens is 118 g/mol. The van der Waals surface area contributed by atoms with E-state index in [0.717, 1.165) is 0 Å². The van der Waals surface area contributed by atoms with Crippen molar-refractivity contribution >= 4 is 5.84 Å². The average Bonchev–Trinajstić information content (AvgIpc) is 1.65. The lowest BCUT2D eigenvalue weighted by atomic mass is 10.4. The van der Waals surface area contributed by atoms with Crippen LogP contribution in [0.5, 0.6) is 0 Å². The standard InChI is InChI=1S/C3H6F2N2O/c4-2(5)1-3(6)7-8/h2,8H,1H2,(H2,6,7). The number of hydrogen-bond donors (Lipinski definition) is 2. The molecule has 0 fully saturated rings. The molecule has 8 heavy (non-hydrogen) atoms. The van der Waals surface area contributed by atoms with Crippen LogP contribution in [0.15, 0.2) is 5.16 Å². The van der Waals surface area contributed by atoms with E-state index in [1.807, 2.05) is 0 Å². The maximum absolute atomic E-state index is 11.2. The summed E-state index contributed by atoms with van der Waals surface area (Å²) in [6.45, 7) is 0. The van der Waals surface area contributed by atoms with Crippen LogP contribution in [0.3, 0.4) is 0 Å². The van der Waals surface area contributed by atoms with Gasteiger partial charge in [0.05, 0.1) is 6.42 Å². The van der Waals surface area contributed by atoms with Crippen LogP contribution in [0, 0.1) is 0 Å². The summed E-state index contributed by atoms with van der Waals surface area (Å²) in [7, 11) is 0. The first-order chi connectivity index (χ1) is 3.66. The SMILES string of the molecule is N/C(CC(F)F)=N\O. The summed E-state index contributed by atoms with van der Waals surface area (Å²) in [5, 5.41) is 10.1. The second kappa shape index (κ2) is 3.17. The van der Waals surface area contributed by atoms with Crippen molar-refractivity contribution in [3.8, 4) is 0 Å². The number of hydrogen-bond acceptors (Lipinski definition) is 2. The minimum atomic E-state index is -2.54. The van der Waals surface area contributed by atoms with Gasteiger partial charge < -0.3 is 10.9 Å². The van der Waals surface area contributed by atoms with Gasteiger partial charge in [0.15, 0.2) is 0 Å². The van der Waals surface area contributed by atoms with E-state index in [9.17, 15) is 8.78 Å². The summed E-state index contributed by atoms with van der Waals surface area (Å²) in [5.74, 6) is -0.444. The Kier molecular flexibility index (Phi) is 2.83. The summed E-state index contributed by atoms with van der Waals surface area (Å²) < 4.78 is 22.4. The predicted molar refractivity (Wildman–Crippen MR) is 24.0 cm³/mol. The Morgan fingerprint density at radius 1 is 1.75 bits per heavy atom. The van der Waals surface area contributed by atoms with Gasteiger partial charge in [-0.25, -0.2) is 8.78 Å². The first-order valence-electron chi connectivity index (χ1n) is 1.91. The zero-order valence-electron chi connectivity index (χ0n) is 4.01. The molecule has 3 nitrogen and oxygen atoms in total. The van der Waals surface area contributed by atoms with E-state index in [-0.39, 0.29) is 0 Å². The third kappa shape index (κ3) is 3.32. The second-order valence-electron chi connectivity index (χ2n) is 1.19. The smallest absolute Gasteiger partial charge is 0.245 e. The number of nitrogens with zero attached hydrogens (tertiary/aromatic N) is 1. The van der Waals surface area contributed by atoms with Crippen LogP contribution in [0.4, 0.5) is 8.78 Å². The van der Waals surface area contributed by atoms with Gasteiger partial charge >= 0.3 is 0 Å².